The molecular formula is C14H12BrF2N. The first kappa shape index (κ1) is 13.0. The third-order valence-corrected chi connectivity index (χ3v) is 3.41. The van der Waals surface area contributed by atoms with Gasteiger partial charge in [0.2, 0.25) is 0 Å². The van der Waals surface area contributed by atoms with Crippen LogP contribution in [-0.2, 0) is 6.42 Å². The van der Waals surface area contributed by atoms with Gasteiger partial charge in [-0.25, -0.2) is 8.78 Å². The SMILES string of the molecule is Cc1c(N)cc(F)cc1Cc1ccc(Br)cc1F. The summed E-state index contributed by atoms with van der Waals surface area (Å²) in [5.74, 6) is -0.711. The molecule has 0 radical (unpaired) electrons. The van der Waals surface area contributed by atoms with E-state index in [9.17, 15) is 8.78 Å². The third-order valence-electron chi connectivity index (χ3n) is 2.92. The zero-order chi connectivity index (χ0) is 13.3. The van der Waals surface area contributed by atoms with E-state index < -0.39 is 5.82 Å². The lowest BCUT2D eigenvalue weighted by Gasteiger charge is -2.10. The minimum absolute atomic E-state index is 0.313. The number of hydrogen-bond donors (Lipinski definition) is 1. The molecule has 0 unspecified atom stereocenters. The summed E-state index contributed by atoms with van der Waals surface area (Å²) in [6, 6.07) is 7.51. The molecule has 0 saturated carbocycles. The van der Waals surface area contributed by atoms with Gasteiger partial charge in [-0.15, -0.1) is 0 Å². The van der Waals surface area contributed by atoms with Gasteiger partial charge in [0.1, 0.15) is 11.6 Å². The van der Waals surface area contributed by atoms with Crippen LogP contribution in [0.5, 0.6) is 0 Å². The molecule has 2 N–H and O–H groups in total. The molecule has 0 spiro atoms. The summed E-state index contributed by atoms with van der Waals surface area (Å²) < 4.78 is 27.7. The summed E-state index contributed by atoms with van der Waals surface area (Å²) in [4.78, 5) is 0. The smallest absolute Gasteiger partial charge is 0.127 e. The maximum absolute atomic E-state index is 13.7. The Bertz CT molecular complexity index is 597. The van der Waals surface area contributed by atoms with Gasteiger partial charge >= 0.3 is 0 Å². The highest BCUT2D eigenvalue weighted by Crippen LogP contribution is 2.23. The van der Waals surface area contributed by atoms with E-state index >= 15 is 0 Å². The van der Waals surface area contributed by atoms with Gasteiger partial charge in [0.15, 0.2) is 0 Å². The third kappa shape index (κ3) is 2.70. The molecule has 0 saturated heterocycles. The van der Waals surface area contributed by atoms with Gasteiger partial charge in [-0.2, -0.15) is 0 Å². The summed E-state index contributed by atoms with van der Waals surface area (Å²) in [5, 5.41) is 0. The van der Waals surface area contributed by atoms with Crippen LogP contribution in [0, 0.1) is 18.6 Å². The Hall–Kier alpha value is -1.42. The second-order valence-corrected chi connectivity index (χ2v) is 5.11. The maximum atomic E-state index is 13.7. The van der Waals surface area contributed by atoms with E-state index in [0.717, 1.165) is 5.56 Å². The molecule has 18 heavy (non-hydrogen) atoms. The Kier molecular flexibility index (Phi) is 3.66. The van der Waals surface area contributed by atoms with Crippen molar-refractivity contribution in [2.24, 2.45) is 0 Å². The summed E-state index contributed by atoms with van der Waals surface area (Å²) >= 11 is 3.20. The van der Waals surface area contributed by atoms with Gasteiger partial charge in [0, 0.05) is 16.6 Å². The first-order valence-electron chi connectivity index (χ1n) is 5.46. The standard InChI is InChI=1S/C14H12BrF2N/c1-8-10(5-12(16)7-14(8)18)4-9-2-3-11(15)6-13(9)17/h2-3,5-7H,4,18H2,1H3. The summed E-state index contributed by atoms with van der Waals surface area (Å²) in [7, 11) is 0. The van der Waals surface area contributed by atoms with Crippen LogP contribution in [0.2, 0.25) is 0 Å². The lowest BCUT2D eigenvalue weighted by atomic mass is 9.99. The molecule has 2 rings (SSSR count). The minimum Gasteiger partial charge on any atom is -0.398 e. The normalized spacial score (nSPS) is 10.7. The topological polar surface area (TPSA) is 26.0 Å². The van der Waals surface area contributed by atoms with Crippen molar-refractivity contribution in [3.05, 3.63) is 63.1 Å². The van der Waals surface area contributed by atoms with Gasteiger partial charge < -0.3 is 5.73 Å². The highest BCUT2D eigenvalue weighted by Gasteiger charge is 2.09. The van der Waals surface area contributed by atoms with Crippen LogP contribution in [0.15, 0.2) is 34.8 Å². The number of benzene rings is 2. The second kappa shape index (κ2) is 5.06. The molecular weight excluding hydrogens is 300 g/mol. The van der Waals surface area contributed by atoms with E-state index in [0.29, 0.717) is 27.7 Å². The Balaban J connectivity index is 2.40. The number of nitrogens with two attached hydrogens (primary N) is 1. The fraction of sp³-hybridized carbons (Fsp3) is 0.143. The van der Waals surface area contributed by atoms with Crippen molar-refractivity contribution in [1.82, 2.24) is 0 Å². The van der Waals surface area contributed by atoms with E-state index in [-0.39, 0.29) is 5.82 Å². The van der Waals surface area contributed by atoms with E-state index in [1.807, 2.05) is 0 Å². The molecule has 0 aliphatic rings. The Morgan fingerprint density at radius 2 is 1.83 bits per heavy atom. The lowest BCUT2D eigenvalue weighted by Crippen LogP contribution is -2.00. The number of nitrogen functional groups attached to an aromatic ring is 1. The Morgan fingerprint density at radius 3 is 2.50 bits per heavy atom. The van der Waals surface area contributed by atoms with Gasteiger partial charge in [0.25, 0.3) is 0 Å². The largest absolute Gasteiger partial charge is 0.398 e. The molecule has 0 aromatic heterocycles. The molecule has 0 bridgehead atoms. The van der Waals surface area contributed by atoms with Crippen LogP contribution in [0.1, 0.15) is 16.7 Å². The van der Waals surface area contributed by atoms with Crippen molar-refractivity contribution in [3.63, 3.8) is 0 Å². The first-order valence-corrected chi connectivity index (χ1v) is 6.25. The molecule has 0 amide bonds. The molecule has 2 aromatic rings. The van der Waals surface area contributed by atoms with Gasteiger partial charge in [-0.05, 0) is 47.9 Å². The second-order valence-electron chi connectivity index (χ2n) is 4.19. The molecule has 0 heterocycles. The monoisotopic (exact) mass is 311 g/mol. The Labute approximate surface area is 113 Å². The fourth-order valence-electron chi connectivity index (χ4n) is 1.81. The number of anilines is 1. The minimum atomic E-state index is -0.398. The molecule has 1 nitrogen and oxygen atoms in total. The number of halogens is 3. The van der Waals surface area contributed by atoms with Crippen molar-refractivity contribution in [3.8, 4) is 0 Å². The average molecular weight is 312 g/mol. The van der Waals surface area contributed by atoms with Crippen LogP contribution in [0.3, 0.4) is 0 Å². The highest BCUT2D eigenvalue weighted by atomic mass is 79.9. The zero-order valence-electron chi connectivity index (χ0n) is 9.81. The predicted molar refractivity (Wildman–Crippen MR) is 72.5 cm³/mol. The van der Waals surface area contributed by atoms with Crippen molar-refractivity contribution in [1.29, 1.82) is 0 Å². The molecule has 0 atom stereocenters. The summed E-state index contributed by atoms with van der Waals surface area (Å²) in [5.41, 5.74) is 8.10. The molecule has 4 heteroatoms. The quantitative estimate of drug-likeness (QED) is 0.826. The fourth-order valence-corrected chi connectivity index (χ4v) is 2.15. The molecule has 0 aliphatic carbocycles. The van der Waals surface area contributed by atoms with Crippen molar-refractivity contribution in [2.75, 3.05) is 5.73 Å². The van der Waals surface area contributed by atoms with Crippen molar-refractivity contribution in [2.45, 2.75) is 13.3 Å². The van der Waals surface area contributed by atoms with E-state index in [1.54, 1.807) is 19.1 Å². The zero-order valence-corrected chi connectivity index (χ0v) is 11.4. The van der Waals surface area contributed by atoms with Crippen molar-refractivity contribution >= 4 is 21.6 Å². The first-order chi connectivity index (χ1) is 8.47. The van der Waals surface area contributed by atoms with Crippen LogP contribution >= 0.6 is 15.9 Å². The van der Waals surface area contributed by atoms with E-state index in [1.165, 1.54) is 18.2 Å². The number of hydrogen-bond acceptors (Lipinski definition) is 1. The van der Waals surface area contributed by atoms with Crippen LogP contribution < -0.4 is 5.73 Å². The summed E-state index contributed by atoms with van der Waals surface area (Å²) in [6.45, 7) is 1.81. The Morgan fingerprint density at radius 1 is 1.11 bits per heavy atom. The molecule has 94 valence electrons. The van der Waals surface area contributed by atoms with Gasteiger partial charge in [-0.1, -0.05) is 22.0 Å². The van der Waals surface area contributed by atoms with Crippen molar-refractivity contribution < 1.29 is 8.78 Å². The van der Waals surface area contributed by atoms with Crippen LogP contribution in [0.4, 0.5) is 14.5 Å². The predicted octanol–water partition coefficient (Wildman–Crippen LogP) is 4.21. The highest BCUT2D eigenvalue weighted by molar-refractivity contribution is 9.10. The molecule has 0 aliphatic heterocycles. The van der Waals surface area contributed by atoms with E-state index in [4.69, 9.17) is 5.73 Å². The van der Waals surface area contributed by atoms with Gasteiger partial charge in [0.05, 0.1) is 0 Å². The van der Waals surface area contributed by atoms with Crippen LogP contribution in [0.25, 0.3) is 0 Å². The van der Waals surface area contributed by atoms with E-state index in [2.05, 4.69) is 15.9 Å². The maximum Gasteiger partial charge on any atom is 0.127 e. The summed E-state index contributed by atoms with van der Waals surface area (Å²) in [6.07, 6.45) is 0.326. The van der Waals surface area contributed by atoms with Crippen LogP contribution in [-0.4, -0.2) is 0 Å². The molecule has 2 aromatic carbocycles. The van der Waals surface area contributed by atoms with Gasteiger partial charge in [-0.3, -0.25) is 0 Å². The number of rotatable bonds is 2. The lowest BCUT2D eigenvalue weighted by molar-refractivity contribution is 0.610. The average Bonchev–Trinajstić information content (AvgIpc) is 2.29. The molecule has 0 fully saturated rings.